The Balaban J connectivity index is 1.44. The molecule has 0 aromatic rings. The van der Waals surface area contributed by atoms with Crippen LogP contribution in [0.15, 0.2) is 0 Å². The number of rotatable bonds is 3. The average Bonchev–Trinajstić information content (AvgIpc) is 3.23. The minimum atomic E-state index is -5.90. The monoisotopic (exact) mass is 432 g/mol. The molecule has 0 amide bonds. The SMILES string of the molecule is O=C1OC(O)C2SC3(CC4CC3CC4OC(=O)C(F)(F)S(=O)(=O)O)SC12. The quantitative estimate of drug-likeness (QED) is 0.483. The highest BCUT2D eigenvalue weighted by molar-refractivity contribution is 8.22. The summed E-state index contributed by atoms with van der Waals surface area (Å²) >= 11 is 2.84. The predicted molar refractivity (Wildman–Crippen MR) is 84.8 cm³/mol. The number of aliphatic hydroxyl groups is 1. The minimum absolute atomic E-state index is 0.0368. The number of ether oxygens (including phenoxy) is 2. The highest BCUT2D eigenvalue weighted by atomic mass is 32.2. The second kappa shape index (κ2) is 5.69. The average molecular weight is 432 g/mol. The molecule has 2 N–H and O–H groups in total. The number of halogens is 2. The van der Waals surface area contributed by atoms with Crippen molar-refractivity contribution in [2.24, 2.45) is 11.8 Å². The standard InChI is InChI=1S/C13H14F2O8S3/c14-13(15,26(19,20)21)11(18)22-6-2-5-1-4(6)3-12(5)24-7-8(25-12)10(17)23-9(7)16/h4-9,16H,1-3H2,(H,19,20,21). The molecule has 146 valence electrons. The van der Waals surface area contributed by atoms with Crippen molar-refractivity contribution in [3.63, 3.8) is 0 Å². The summed E-state index contributed by atoms with van der Waals surface area (Å²) in [6.07, 6.45) is -0.729. The largest absolute Gasteiger partial charge is 0.465 e. The van der Waals surface area contributed by atoms with Crippen LogP contribution in [0.2, 0.25) is 0 Å². The van der Waals surface area contributed by atoms with Crippen LogP contribution in [0.1, 0.15) is 19.3 Å². The first-order valence-electron chi connectivity index (χ1n) is 7.75. The molecule has 2 saturated carbocycles. The van der Waals surface area contributed by atoms with E-state index in [-0.39, 0.29) is 22.3 Å². The molecule has 7 unspecified atom stereocenters. The summed E-state index contributed by atoms with van der Waals surface area (Å²) in [7, 11) is -5.90. The summed E-state index contributed by atoms with van der Waals surface area (Å²) < 4.78 is 65.6. The third-order valence-corrected chi connectivity index (χ3v) is 10.2. The van der Waals surface area contributed by atoms with Gasteiger partial charge in [-0.15, -0.1) is 23.5 Å². The lowest BCUT2D eigenvalue weighted by Gasteiger charge is -2.36. The Morgan fingerprint density at radius 1 is 1.35 bits per heavy atom. The Labute approximate surface area is 155 Å². The molecular weight excluding hydrogens is 418 g/mol. The third kappa shape index (κ3) is 2.58. The van der Waals surface area contributed by atoms with Gasteiger partial charge >= 0.3 is 27.3 Å². The van der Waals surface area contributed by atoms with Crippen LogP contribution >= 0.6 is 23.5 Å². The maximum absolute atomic E-state index is 13.4. The van der Waals surface area contributed by atoms with Gasteiger partial charge in [0.1, 0.15) is 11.4 Å². The van der Waals surface area contributed by atoms with Gasteiger partial charge in [-0.2, -0.15) is 17.2 Å². The fourth-order valence-corrected chi connectivity index (χ4v) is 8.75. The summed E-state index contributed by atoms with van der Waals surface area (Å²) in [6.45, 7) is 0. The molecule has 0 radical (unpaired) electrons. The van der Waals surface area contributed by atoms with Crippen LogP contribution in [0, 0.1) is 11.8 Å². The van der Waals surface area contributed by atoms with Crippen LogP contribution in [0.5, 0.6) is 0 Å². The summed E-state index contributed by atoms with van der Waals surface area (Å²) in [4.78, 5) is 23.3. The first-order valence-corrected chi connectivity index (χ1v) is 10.9. The number of esters is 2. The number of carbonyl (C=O) groups is 2. The Kier molecular flexibility index (Phi) is 4.10. The Morgan fingerprint density at radius 3 is 2.58 bits per heavy atom. The third-order valence-electron chi connectivity index (χ3n) is 5.33. The fourth-order valence-electron chi connectivity index (χ4n) is 4.18. The van der Waals surface area contributed by atoms with Gasteiger partial charge in [-0.25, -0.2) is 4.79 Å². The molecule has 2 bridgehead atoms. The Hall–Kier alpha value is -0.630. The Morgan fingerprint density at radius 2 is 2.04 bits per heavy atom. The van der Waals surface area contributed by atoms with Gasteiger partial charge in [-0.3, -0.25) is 9.35 Å². The molecular formula is C13H14F2O8S3. The summed E-state index contributed by atoms with van der Waals surface area (Å²) in [5.74, 6) is -3.05. The van der Waals surface area contributed by atoms with Crippen molar-refractivity contribution in [1.82, 2.24) is 0 Å². The van der Waals surface area contributed by atoms with Crippen molar-refractivity contribution in [3.8, 4) is 0 Å². The smallest absolute Gasteiger partial charge is 0.457 e. The molecule has 2 saturated heterocycles. The normalized spacial score (nSPS) is 44.4. The summed E-state index contributed by atoms with van der Waals surface area (Å²) in [5.41, 5.74) is 0. The van der Waals surface area contributed by atoms with Crippen molar-refractivity contribution in [3.05, 3.63) is 0 Å². The number of hydrogen-bond donors (Lipinski definition) is 2. The minimum Gasteiger partial charge on any atom is -0.457 e. The number of thioether (sulfide) groups is 2. The Bertz CT molecular complexity index is 773. The maximum atomic E-state index is 13.4. The van der Waals surface area contributed by atoms with Gasteiger partial charge in [-0.05, 0) is 31.1 Å². The maximum Gasteiger partial charge on any atom is 0.465 e. The lowest BCUT2D eigenvalue weighted by atomic mass is 9.96. The fraction of sp³-hybridized carbons (Fsp3) is 0.846. The lowest BCUT2D eigenvalue weighted by molar-refractivity contribution is -0.169. The van der Waals surface area contributed by atoms with E-state index < -0.39 is 50.2 Å². The van der Waals surface area contributed by atoms with E-state index in [2.05, 4.69) is 4.74 Å². The van der Waals surface area contributed by atoms with Gasteiger partial charge in [-0.1, -0.05) is 0 Å². The molecule has 2 aliphatic heterocycles. The highest BCUT2D eigenvalue weighted by Gasteiger charge is 2.67. The molecule has 13 heteroatoms. The molecule has 2 heterocycles. The van der Waals surface area contributed by atoms with Crippen LogP contribution in [0.3, 0.4) is 0 Å². The van der Waals surface area contributed by atoms with Gasteiger partial charge in [0, 0.05) is 0 Å². The van der Waals surface area contributed by atoms with Crippen molar-refractivity contribution >= 4 is 45.6 Å². The number of carbonyl (C=O) groups excluding carboxylic acids is 2. The molecule has 7 atom stereocenters. The second-order valence-corrected chi connectivity index (χ2v) is 11.5. The molecule has 0 aromatic heterocycles. The second-order valence-electron chi connectivity index (χ2n) is 6.83. The van der Waals surface area contributed by atoms with E-state index in [1.807, 2.05) is 0 Å². The predicted octanol–water partition coefficient (Wildman–Crippen LogP) is 0.597. The number of aliphatic hydroxyl groups excluding tert-OH is 1. The van der Waals surface area contributed by atoms with Crippen LogP contribution in [-0.2, 0) is 29.2 Å². The number of alkyl halides is 2. The molecule has 0 aromatic carbocycles. The summed E-state index contributed by atoms with van der Waals surface area (Å²) in [5, 5.41) is 3.93. The number of fused-ring (bicyclic) bond motifs is 4. The topological polar surface area (TPSA) is 127 Å². The van der Waals surface area contributed by atoms with E-state index in [1.54, 1.807) is 0 Å². The van der Waals surface area contributed by atoms with Crippen LogP contribution in [0.4, 0.5) is 8.78 Å². The molecule has 4 rings (SSSR count). The van der Waals surface area contributed by atoms with E-state index in [0.29, 0.717) is 12.8 Å². The zero-order valence-electron chi connectivity index (χ0n) is 12.9. The molecule has 1 spiro atoms. The van der Waals surface area contributed by atoms with Gasteiger partial charge in [0.05, 0.1) is 9.33 Å². The highest BCUT2D eigenvalue weighted by Crippen LogP contribution is 2.70. The number of hydrogen-bond acceptors (Lipinski definition) is 9. The van der Waals surface area contributed by atoms with E-state index in [4.69, 9.17) is 9.29 Å². The van der Waals surface area contributed by atoms with Crippen molar-refractivity contribution in [2.75, 3.05) is 0 Å². The van der Waals surface area contributed by atoms with Gasteiger partial charge in [0.25, 0.3) is 0 Å². The first kappa shape index (κ1) is 18.7. The molecule has 2 aliphatic carbocycles. The van der Waals surface area contributed by atoms with Crippen LogP contribution in [-0.4, -0.2) is 62.2 Å². The van der Waals surface area contributed by atoms with Crippen molar-refractivity contribution < 1.29 is 45.9 Å². The zero-order chi connectivity index (χ0) is 19.1. The van der Waals surface area contributed by atoms with E-state index in [0.717, 1.165) is 0 Å². The zero-order valence-corrected chi connectivity index (χ0v) is 15.4. The van der Waals surface area contributed by atoms with Crippen molar-refractivity contribution in [1.29, 1.82) is 0 Å². The van der Waals surface area contributed by atoms with Gasteiger partial charge in [0.15, 0.2) is 0 Å². The number of cyclic esters (lactones) is 1. The van der Waals surface area contributed by atoms with E-state index in [9.17, 15) is 31.9 Å². The lowest BCUT2D eigenvalue weighted by Crippen LogP contribution is -2.43. The van der Waals surface area contributed by atoms with E-state index >= 15 is 0 Å². The van der Waals surface area contributed by atoms with E-state index in [1.165, 1.54) is 23.5 Å². The molecule has 26 heavy (non-hydrogen) atoms. The summed E-state index contributed by atoms with van der Waals surface area (Å²) in [6, 6.07) is 0. The van der Waals surface area contributed by atoms with Crippen LogP contribution < -0.4 is 0 Å². The van der Waals surface area contributed by atoms with Crippen LogP contribution in [0.25, 0.3) is 0 Å². The van der Waals surface area contributed by atoms with Crippen molar-refractivity contribution in [2.45, 2.75) is 51.5 Å². The first-order chi connectivity index (χ1) is 11.9. The molecule has 4 aliphatic rings. The van der Waals surface area contributed by atoms with Gasteiger partial charge in [0.2, 0.25) is 6.29 Å². The molecule has 4 fully saturated rings. The molecule has 8 nitrogen and oxygen atoms in total. The van der Waals surface area contributed by atoms with Gasteiger partial charge < -0.3 is 14.6 Å².